The second-order valence-corrected chi connectivity index (χ2v) is 7.28. The predicted molar refractivity (Wildman–Crippen MR) is 83.1 cm³/mol. The molecule has 0 spiro atoms. The van der Waals surface area contributed by atoms with Crippen molar-refractivity contribution in [1.29, 1.82) is 0 Å². The van der Waals surface area contributed by atoms with E-state index < -0.39 is 0 Å². The van der Waals surface area contributed by atoms with Crippen molar-refractivity contribution in [2.45, 2.75) is 31.7 Å². The Morgan fingerprint density at radius 1 is 1.42 bits per heavy atom. The van der Waals surface area contributed by atoms with Crippen molar-refractivity contribution in [3.63, 3.8) is 0 Å². The largest absolute Gasteiger partial charge is 0.363 e. The third-order valence-electron chi connectivity index (χ3n) is 3.04. The first-order valence-corrected chi connectivity index (χ1v) is 8.17. The fourth-order valence-electron chi connectivity index (χ4n) is 1.89. The highest BCUT2D eigenvalue weighted by Gasteiger charge is 2.27. The van der Waals surface area contributed by atoms with Gasteiger partial charge in [0.15, 0.2) is 0 Å². The van der Waals surface area contributed by atoms with Crippen LogP contribution in [0.3, 0.4) is 0 Å². The maximum Gasteiger partial charge on any atom is 0.135 e. The maximum atomic E-state index is 5.97. The number of rotatable bonds is 4. The molecule has 0 aliphatic heterocycles. The average molecular weight is 359 g/mol. The SMILES string of the molecule is CC(Nc1cc(Br)nc(C2CC2)n1)c1ccc(Cl)s1. The minimum absolute atomic E-state index is 0.186. The lowest BCUT2D eigenvalue weighted by Crippen LogP contribution is -2.08. The van der Waals surface area contributed by atoms with Gasteiger partial charge in [-0.1, -0.05) is 11.6 Å². The van der Waals surface area contributed by atoms with Crippen molar-refractivity contribution in [3.05, 3.63) is 37.8 Å². The highest BCUT2D eigenvalue weighted by atomic mass is 79.9. The summed E-state index contributed by atoms with van der Waals surface area (Å²) in [4.78, 5) is 10.2. The van der Waals surface area contributed by atoms with Crippen LogP contribution in [-0.4, -0.2) is 9.97 Å². The van der Waals surface area contributed by atoms with Crippen molar-refractivity contribution in [2.75, 3.05) is 5.32 Å². The van der Waals surface area contributed by atoms with Gasteiger partial charge in [0.25, 0.3) is 0 Å². The summed E-state index contributed by atoms with van der Waals surface area (Å²) in [7, 11) is 0. The van der Waals surface area contributed by atoms with E-state index >= 15 is 0 Å². The molecule has 3 rings (SSSR count). The van der Waals surface area contributed by atoms with Crippen molar-refractivity contribution >= 4 is 44.7 Å². The van der Waals surface area contributed by atoms with Gasteiger partial charge in [-0.15, -0.1) is 11.3 Å². The first kappa shape index (κ1) is 13.3. The molecule has 3 nitrogen and oxygen atoms in total. The number of halogens is 2. The number of aromatic nitrogens is 2. The Kier molecular flexibility index (Phi) is 3.78. The van der Waals surface area contributed by atoms with E-state index in [0.29, 0.717) is 5.92 Å². The zero-order chi connectivity index (χ0) is 13.4. The van der Waals surface area contributed by atoms with Crippen LogP contribution in [0, 0.1) is 0 Å². The molecule has 1 aliphatic rings. The quantitative estimate of drug-likeness (QED) is 0.781. The summed E-state index contributed by atoms with van der Waals surface area (Å²) < 4.78 is 1.65. The molecular formula is C13H13BrClN3S. The molecule has 0 bridgehead atoms. The summed E-state index contributed by atoms with van der Waals surface area (Å²) in [6, 6.07) is 6.07. The summed E-state index contributed by atoms with van der Waals surface area (Å²) in [6.45, 7) is 2.11. The van der Waals surface area contributed by atoms with Crippen molar-refractivity contribution in [2.24, 2.45) is 0 Å². The highest BCUT2D eigenvalue weighted by molar-refractivity contribution is 9.10. The number of anilines is 1. The van der Waals surface area contributed by atoms with Gasteiger partial charge in [0, 0.05) is 16.9 Å². The van der Waals surface area contributed by atoms with E-state index in [1.165, 1.54) is 17.7 Å². The van der Waals surface area contributed by atoms with Crippen LogP contribution in [-0.2, 0) is 0 Å². The van der Waals surface area contributed by atoms with Crippen LogP contribution in [0.15, 0.2) is 22.8 Å². The Morgan fingerprint density at radius 2 is 2.21 bits per heavy atom. The lowest BCUT2D eigenvalue weighted by molar-refractivity contribution is 0.863. The fourth-order valence-corrected chi connectivity index (χ4v) is 3.35. The number of nitrogens with zero attached hydrogens (tertiary/aromatic N) is 2. The van der Waals surface area contributed by atoms with E-state index in [1.54, 1.807) is 11.3 Å². The van der Waals surface area contributed by atoms with Gasteiger partial charge in [0.1, 0.15) is 16.2 Å². The molecule has 2 aromatic heterocycles. The molecule has 2 heterocycles. The zero-order valence-corrected chi connectivity index (χ0v) is 13.5. The monoisotopic (exact) mass is 357 g/mol. The Balaban J connectivity index is 1.78. The summed E-state index contributed by atoms with van der Waals surface area (Å²) in [5, 5.41) is 3.41. The van der Waals surface area contributed by atoms with E-state index in [4.69, 9.17) is 11.6 Å². The molecule has 0 amide bonds. The van der Waals surface area contributed by atoms with E-state index in [0.717, 1.165) is 20.6 Å². The molecule has 6 heteroatoms. The fraction of sp³-hybridized carbons (Fsp3) is 0.385. The van der Waals surface area contributed by atoms with Gasteiger partial charge in [-0.25, -0.2) is 9.97 Å². The van der Waals surface area contributed by atoms with Crippen LogP contribution < -0.4 is 5.32 Å². The number of thiophene rings is 1. The molecular weight excluding hydrogens is 346 g/mol. The Hall–Kier alpha value is -0.650. The van der Waals surface area contributed by atoms with Gasteiger partial charge in [0.2, 0.25) is 0 Å². The Labute approximate surface area is 129 Å². The zero-order valence-electron chi connectivity index (χ0n) is 10.4. The van der Waals surface area contributed by atoms with Crippen LogP contribution in [0.2, 0.25) is 4.34 Å². The molecule has 1 N–H and O–H groups in total. The van der Waals surface area contributed by atoms with E-state index in [9.17, 15) is 0 Å². The highest BCUT2D eigenvalue weighted by Crippen LogP contribution is 2.39. The minimum atomic E-state index is 0.186. The van der Waals surface area contributed by atoms with Crippen LogP contribution in [0.4, 0.5) is 5.82 Å². The van der Waals surface area contributed by atoms with Crippen LogP contribution in [0.5, 0.6) is 0 Å². The van der Waals surface area contributed by atoms with Crippen LogP contribution >= 0.6 is 38.9 Å². The normalized spacial score (nSPS) is 16.4. The molecule has 0 aromatic carbocycles. The Bertz CT molecular complexity index is 597. The third-order valence-corrected chi connectivity index (χ3v) is 4.86. The molecule has 100 valence electrons. The molecule has 1 saturated carbocycles. The second-order valence-electron chi connectivity index (χ2n) is 4.72. The number of nitrogens with one attached hydrogen (secondary N) is 1. The number of hydrogen-bond donors (Lipinski definition) is 1. The molecule has 0 saturated heterocycles. The molecule has 1 unspecified atom stereocenters. The van der Waals surface area contributed by atoms with Gasteiger partial charge in [-0.2, -0.15) is 0 Å². The van der Waals surface area contributed by atoms with Crippen LogP contribution in [0.1, 0.15) is 42.4 Å². The summed E-state index contributed by atoms with van der Waals surface area (Å²) >= 11 is 11.0. The first-order valence-electron chi connectivity index (χ1n) is 6.18. The molecule has 1 aliphatic carbocycles. The average Bonchev–Trinajstić information content (AvgIpc) is 3.11. The molecule has 0 radical (unpaired) electrons. The van der Waals surface area contributed by atoms with Crippen molar-refractivity contribution < 1.29 is 0 Å². The third kappa shape index (κ3) is 3.27. The topological polar surface area (TPSA) is 37.8 Å². The second kappa shape index (κ2) is 5.38. The molecule has 1 fully saturated rings. The molecule has 19 heavy (non-hydrogen) atoms. The minimum Gasteiger partial charge on any atom is -0.363 e. The summed E-state index contributed by atoms with van der Waals surface area (Å²) in [6.07, 6.45) is 2.40. The van der Waals surface area contributed by atoms with E-state index in [1.807, 2.05) is 18.2 Å². The number of hydrogen-bond acceptors (Lipinski definition) is 4. The van der Waals surface area contributed by atoms with Gasteiger partial charge < -0.3 is 5.32 Å². The van der Waals surface area contributed by atoms with Gasteiger partial charge in [-0.05, 0) is 47.8 Å². The van der Waals surface area contributed by atoms with E-state index in [-0.39, 0.29) is 6.04 Å². The van der Waals surface area contributed by atoms with Crippen molar-refractivity contribution in [3.8, 4) is 0 Å². The standard InChI is InChI=1S/C13H13BrClN3S/c1-7(9-4-5-11(15)19-9)16-12-6-10(14)17-13(18-12)8-2-3-8/h4-8H,2-3H2,1H3,(H,16,17,18). The smallest absolute Gasteiger partial charge is 0.135 e. The lowest BCUT2D eigenvalue weighted by Gasteiger charge is -2.13. The van der Waals surface area contributed by atoms with Gasteiger partial charge >= 0.3 is 0 Å². The lowest BCUT2D eigenvalue weighted by atomic mass is 10.3. The molecule has 2 aromatic rings. The Morgan fingerprint density at radius 3 is 2.84 bits per heavy atom. The predicted octanol–water partition coefficient (Wildman–Crippen LogP) is 5.00. The van der Waals surface area contributed by atoms with Crippen LogP contribution in [0.25, 0.3) is 0 Å². The first-order chi connectivity index (χ1) is 9.11. The molecule has 1 atom stereocenters. The van der Waals surface area contributed by atoms with E-state index in [2.05, 4.69) is 38.1 Å². The summed E-state index contributed by atoms with van der Waals surface area (Å²) in [5.41, 5.74) is 0. The maximum absolute atomic E-state index is 5.97. The van der Waals surface area contributed by atoms with Gasteiger partial charge in [0.05, 0.1) is 10.4 Å². The van der Waals surface area contributed by atoms with Crippen molar-refractivity contribution in [1.82, 2.24) is 9.97 Å². The summed E-state index contributed by atoms with van der Waals surface area (Å²) in [5.74, 6) is 2.35. The van der Waals surface area contributed by atoms with Gasteiger partial charge in [-0.3, -0.25) is 0 Å².